The Morgan fingerprint density at radius 2 is 0.949 bits per heavy atom. The summed E-state index contributed by atoms with van der Waals surface area (Å²) in [4.78, 5) is 73.7. The van der Waals surface area contributed by atoms with E-state index >= 15 is 0 Å². The van der Waals surface area contributed by atoms with Gasteiger partial charge in [0.2, 0.25) is 11.8 Å². The summed E-state index contributed by atoms with van der Waals surface area (Å²) < 4.78 is 5.34. The Morgan fingerprint density at radius 1 is 0.538 bits per heavy atom. The van der Waals surface area contributed by atoms with E-state index in [4.69, 9.17) is 0 Å². The first-order valence-corrected chi connectivity index (χ1v) is 24.6. The standard InChI is InChI=1S/C47H54N20O11/c68-15-25(11-23-7-3-1-4-8-23)52-39-33-41(64(19-48-33)29-13-27(35(74)37(29)76)54-31(72)17-70)58-45(56-39)66-21-50-43(62-66)60-47(78)61-44-51-22-67(63-44)46-57-40(53-26(16-69)12-24-9-5-2-6-10-24)34-42(59-46)65(20-49-34)30-14-28(36(75)38(30)77)55-32(73)18-71/h1-10,19-22,25-30,35-38,68-71,74-77H,11-18H2,(H,54,72)(H,55,73)(H,52,56,58)(H,53,57,59)(H2,60,61,62,63,78)/t25-,26-,27-,28-,29+,30+,35+,36+,37-,38-/m0/s1. The lowest BCUT2D eigenvalue weighted by molar-refractivity contribution is -0.126. The summed E-state index contributed by atoms with van der Waals surface area (Å²) in [5.41, 5.74) is 2.63. The monoisotopic (exact) mass is 1070 g/mol. The van der Waals surface area contributed by atoms with Crippen molar-refractivity contribution >= 4 is 63.7 Å². The number of hydrogen-bond acceptors (Lipinski definition) is 23. The summed E-state index contributed by atoms with van der Waals surface area (Å²) in [5.74, 6) is -1.78. The van der Waals surface area contributed by atoms with Crippen LogP contribution in [0.5, 0.6) is 0 Å². The molecule has 10 rings (SSSR count). The fraction of sp³-hybridized carbons (Fsp3) is 0.383. The summed E-state index contributed by atoms with van der Waals surface area (Å²) in [6, 6.07) is 13.3. The molecule has 0 radical (unpaired) electrons. The highest BCUT2D eigenvalue weighted by molar-refractivity contribution is 5.97. The van der Waals surface area contributed by atoms with Crippen LogP contribution in [0, 0.1) is 0 Å². The zero-order valence-corrected chi connectivity index (χ0v) is 41.1. The molecule has 14 N–H and O–H groups in total. The average molecular weight is 1080 g/mol. The number of aromatic nitrogens is 14. The van der Waals surface area contributed by atoms with Gasteiger partial charge in [-0.05, 0) is 36.8 Å². The molecule has 0 spiro atoms. The molecule has 10 atom stereocenters. The normalized spacial score (nSPS) is 21.8. The molecule has 8 aromatic rings. The zero-order chi connectivity index (χ0) is 54.6. The Balaban J connectivity index is 0.904. The Labute approximate surface area is 440 Å². The lowest BCUT2D eigenvalue weighted by atomic mass is 10.1. The third-order valence-electron chi connectivity index (χ3n) is 13.4. The van der Waals surface area contributed by atoms with E-state index in [0.717, 1.165) is 20.5 Å². The summed E-state index contributed by atoms with van der Waals surface area (Å²) in [6.07, 6.45) is 0.493. The molecule has 31 heteroatoms. The molecule has 6 aromatic heterocycles. The number of carbonyl (C=O) groups is 3. The molecule has 0 bridgehead atoms. The maximum atomic E-state index is 13.5. The minimum Gasteiger partial charge on any atom is -0.394 e. The van der Waals surface area contributed by atoms with Crippen LogP contribution in [0.15, 0.2) is 86.0 Å². The molecule has 2 aliphatic carbocycles. The number of benzene rings is 2. The molecular weight excluding hydrogens is 1020 g/mol. The highest BCUT2D eigenvalue weighted by Gasteiger charge is 2.45. The fourth-order valence-corrected chi connectivity index (χ4v) is 9.63. The van der Waals surface area contributed by atoms with E-state index in [1.54, 1.807) is 0 Å². The number of imidazole rings is 2. The first-order valence-electron chi connectivity index (χ1n) is 24.6. The average Bonchev–Trinajstić information content (AvgIpc) is 4.54. The van der Waals surface area contributed by atoms with Crippen LogP contribution in [0.25, 0.3) is 34.2 Å². The van der Waals surface area contributed by atoms with Gasteiger partial charge in [-0.25, -0.2) is 14.8 Å². The molecule has 6 heterocycles. The molecule has 408 valence electrons. The van der Waals surface area contributed by atoms with Crippen LogP contribution < -0.4 is 31.9 Å². The molecule has 2 aromatic carbocycles. The second-order valence-corrected chi connectivity index (χ2v) is 18.7. The molecule has 0 aliphatic heterocycles. The van der Waals surface area contributed by atoms with E-state index in [1.807, 2.05) is 60.7 Å². The quantitative estimate of drug-likeness (QED) is 0.0364. The molecule has 4 amide bonds. The Morgan fingerprint density at radius 3 is 1.33 bits per heavy atom. The highest BCUT2D eigenvalue weighted by Crippen LogP contribution is 2.36. The number of aliphatic hydroxyl groups excluding tert-OH is 8. The fourth-order valence-electron chi connectivity index (χ4n) is 9.63. The van der Waals surface area contributed by atoms with Crippen molar-refractivity contribution in [2.45, 2.75) is 86.4 Å². The van der Waals surface area contributed by atoms with Gasteiger partial charge in [0.15, 0.2) is 34.0 Å². The predicted octanol–water partition coefficient (Wildman–Crippen LogP) is -2.91. The van der Waals surface area contributed by atoms with Gasteiger partial charge >= 0.3 is 6.03 Å². The van der Waals surface area contributed by atoms with Gasteiger partial charge in [0, 0.05) is 0 Å². The van der Waals surface area contributed by atoms with Crippen molar-refractivity contribution < 1.29 is 55.2 Å². The van der Waals surface area contributed by atoms with Gasteiger partial charge in [-0.2, -0.15) is 39.3 Å². The Hall–Kier alpha value is -8.69. The lowest BCUT2D eigenvalue weighted by Crippen LogP contribution is -2.44. The minimum absolute atomic E-state index is 0.0364. The van der Waals surface area contributed by atoms with Crippen molar-refractivity contribution in [3.8, 4) is 11.9 Å². The number of fused-ring (bicyclic) bond motifs is 2. The van der Waals surface area contributed by atoms with Crippen LogP contribution in [0.2, 0.25) is 0 Å². The van der Waals surface area contributed by atoms with Crippen LogP contribution in [-0.2, 0) is 22.4 Å². The number of aliphatic hydroxyl groups is 8. The van der Waals surface area contributed by atoms with E-state index < -0.39 is 91.7 Å². The largest absolute Gasteiger partial charge is 0.394 e. The molecule has 78 heavy (non-hydrogen) atoms. The third kappa shape index (κ3) is 11.1. The first-order chi connectivity index (χ1) is 37.8. The van der Waals surface area contributed by atoms with Crippen molar-refractivity contribution in [3.63, 3.8) is 0 Å². The number of carbonyl (C=O) groups excluding carboxylic acids is 3. The van der Waals surface area contributed by atoms with E-state index in [9.17, 15) is 55.2 Å². The van der Waals surface area contributed by atoms with Gasteiger partial charge in [0.1, 0.15) is 50.3 Å². The van der Waals surface area contributed by atoms with Crippen molar-refractivity contribution in [1.82, 2.24) is 79.2 Å². The van der Waals surface area contributed by atoms with E-state index in [1.165, 1.54) is 34.4 Å². The number of amides is 4. The van der Waals surface area contributed by atoms with Gasteiger partial charge in [0.25, 0.3) is 23.8 Å². The van der Waals surface area contributed by atoms with Crippen LogP contribution in [0.4, 0.5) is 28.3 Å². The zero-order valence-electron chi connectivity index (χ0n) is 41.1. The topological polar surface area (TPSA) is 434 Å². The molecular formula is C47H54N20O11. The predicted molar refractivity (Wildman–Crippen MR) is 272 cm³/mol. The number of urea groups is 1. The van der Waals surface area contributed by atoms with Gasteiger partial charge in [-0.3, -0.25) is 20.2 Å². The number of hydrogen-bond donors (Lipinski definition) is 14. The highest BCUT2D eigenvalue weighted by atomic mass is 16.3. The maximum Gasteiger partial charge on any atom is 0.328 e. The maximum absolute atomic E-state index is 13.5. The Bertz CT molecular complexity index is 3180. The van der Waals surface area contributed by atoms with Crippen LogP contribution in [-0.4, -0.2) is 202 Å². The lowest BCUT2D eigenvalue weighted by Gasteiger charge is -2.19. The summed E-state index contributed by atoms with van der Waals surface area (Å²) in [5, 5.41) is 109. The van der Waals surface area contributed by atoms with Crippen molar-refractivity contribution in [2.24, 2.45) is 0 Å². The van der Waals surface area contributed by atoms with Gasteiger partial charge in [-0.15, -0.1) is 10.2 Å². The summed E-state index contributed by atoms with van der Waals surface area (Å²) in [6.45, 7) is -2.25. The van der Waals surface area contributed by atoms with E-state index in [0.29, 0.717) is 12.8 Å². The van der Waals surface area contributed by atoms with Crippen LogP contribution in [0.1, 0.15) is 36.1 Å². The van der Waals surface area contributed by atoms with Gasteiger partial charge in [-0.1, -0.05) is 60.7 Å². The van der Waals surface area contributed by atoms with Crippen molar-refractivity contribution in [3.05, 3.63) is 97.1 Å². The minimum atomic E-state index is -1.40. The number of nitrogens with one attached hydrogen (secondary N) is 6. The number of anilines is 4. The van der Waals surface area contributed by atoms with E-state index in [2.05, 4.69) is 82.0 Å². The van der Waals surface area contributed by atoms with Gasteiger partial charge in [0.05, 0.1) is 62.1 Å². The first kappa shape index (κ1) is 52.7. The van der Waals surface area contributed by atoms with Crippen molar-refractivity contribution in [2.75, 3.05) is 47.7 Å². The molecule has 2 saturated carbocycles. The molecule has 0 saturated heterocycles. The smallest absolute Gasteiger partial charge is 0.328 e. The molecule has 31 nitrogen and oxygen atoms in total. The SMILES string of the molecule is O=C(CO)N[C@H]1C[C@@H](n2cnc3c(N[C@H](CO)Cc4ccccc4)nc(-n4cnc(NC(=O)Nc5ncn(-c6nc(N[C@H](CO)Cc7ccccc7)c7ncn([C@@H]8C[C@H](NC(=O)CO)[C@@H](O)[C@H]8O)c7n6)n5)n4)nc32)[C@H](O)[C@@H]1O. The van der Waals surface area contributed by atoms with Crippen LogP contribution in [0.3, 0.4) is 0 Å². The second kappa shape index (κ2) is 22.9. The van der Waals surface area contributed by atoms with Gasteiger partial charge < -0.3 is 71.3 Å². The Kier molecular flexibility index (Phi) is 15.5. The summed E-state index contributed by atoms with van der Waals surface area (Å²) in [7, 11) is 0. The number of nitrogens with zero attached hydrogens (tertiary/aromatic N) is 14. The van der Waals surface area contributed by atoms with Crippen molar-refractivity contribution in [1.29, 1.82) is 0 Å². The third-order valence-corrected chi connectivity index (χ3v) is 13.4. The molecule has 0 unspecified atom stereocenters. The number of rotatable bonds is 20. The van der Waals surface area contributed by atoms with Crippen LogP contribution >= 0.6 is 0 Å². The molecule has 2 fully saturated rings. The van der Waals surface area contributed by atoms with E-state index in [-0.39, 0.29) is 83.8 Å². The molecule has 2 aliphatic rings. The summed E-state index contributed by atoms with van der Waals surface area (Å²) >= 11 is 0. The second-order valence-electron chi connectivity index (χ2n) is 18.7.